The van der Waals surface area contributed by atoms with Crippen molar-refractivity contribution in [3.8, 4) is 0 Å². The third-order valence-corrected chi connectivity index (χ3v) is 2.37. The van der Waals surface area contributed by atoms with E-state index in [2.05, 4.69) is 5.10 Å². The molecule has 0 bridgehead atoms. The van der Waals surface area contributed by atoms with Crippen molar-refractivity contribution in [2.75, 3.05) is 0 Å². The Hall–Kier alpha value is -2.38. The zero-order valence-electron chi connectivity index (χ0n) is 9.44. The van der Waals surface area contributed by atoms with Crippen LogP contribution < -0.4 is 11.2 Å². The number of aromatic nitrogens is 3. The van der Waals surface area contributed by atoms with Crippen LogP contribution in [0.15, 0.2) is 40.1 Å². The van der Waals surface area contributed by atoms with Gasteiger partial charge in [-0.1, -0.05) is 12.1 Å². The Morgan fingerprint density at radius 3 is 2.63 bits per heavy atom. The van der Waals surface area contributed by atoms with E-state index in [4.69, 9.17) is 0 Å². The topological polar surface area (TPSA) is 67.8 Å². The standard InChI is InChI=1S/C11H8F3N3O2/c12-11(13,14)8-3-1-2-7(4-8)6-17-10(19)16-9(18)5-15-17/h1-5H,6H2,(H,16,18,19). The van der Waals surface area contributed by atoms with Gasteiger partial charge in [-0.3, -0.25) is 9.78 Å². The molecule has 0 saturated heterocycles. The molecule has 0 unspecified atom stereocenters. The minimum Gasteiger partial charge on any atom is -0.271 e. The molecule has 0 radical (unpaired) electrons. The minimum atomic E-state index is -4.45. The molecule has 1 aromatic carbocycles. The van der Waals surface area contributed by atoms with Gasteiger partial charge in [0, 0.05) is 0 Å². The van der Waals surface area contributed by atoms with Crippen LogP contribution in [-0.4, -0.2) is 14.8 Å². The summed E-state index contributed by atoms with van der Waals surface area (Å²) < 4.78 is 38.4. The maximum Gasteiger partial charge on any atom is 0.416 e. The zero-order chi connectivity index (χ0) is 14.0. The number of halogens is 3. The summed E-state index contributed by atoms with van der Waals surface area (Å²) in [4.78, 5) is 24.1. The number of benzene rings is 1. The first-order valence-corrected chi connectivity index (χ1v) is 5.19. The third kappa shape index (κ3) is 3.09. The number of hydrogen-bond donors (Lipinski definition) is 1. The molecule has 19 heavy (non-hydrogen) atoms. The SMILES string of the molecule is O=c1cnn(Cc2cccc(C(F)(F)F)c2)c(=O)[nH]1. The predicted octanol–water partition coefficient (Wildman–Crippen LogP) is 0.999. The molecule has 0 fully saturated rings. The van der Waals surface area contributed by atoms with E-state index in [0.717, 1.165) is 23.0 Å². The van der Waals surface area contributed by atoms with Gasteiger partial charge in [0.05, 0.1) is 12.1 Å². The summed E-state index contributed by atoms with van der Waals surface area (Å²) in [6.07, 6.45) is -3.56. The van der Waals surface area contributed by atoms with E-state index in [-0.39, 0.29) is 12.1 Å². The molecule has 1 N–H and O–H groups in total. The molecule has 5 nitrogen and oxygen atoms in total. The van der Waals surface area contributed by atoms with Gasteiger partial charge in [0.2, 0.25) is 0 Å². The number of aromatic amines is 1. The van der Waals surface area contributed by atoms with Gasteiger partial charge in [0.15, 0.2) is 0 Å². The van der Waals surface area contributed by atoms with Gasteiger partial charge in [-0.05, 0) is 17.7 Å². The highest BCUT2D eigenvalue weighted by molar-refractivity contribution is 5.25. The smallest absolute Gasteiger partial charge is 0.271 e. The molecule has 1 heterocycles. The van der Waals surface area contributed by atoms with E-state index in [1.165, 1.54) is 12.1 Å². The quantitative estimate of drug-likeness (QED) is 0.886. The Morgan fingerprint density at radius 2 is 2.00 bits per heavy atom. The maximum absolute atomic E-state index is 12.5. The normalized spacial score (nSPS) is 11.5. The van der Waals surface area contributed by atoms with E-state index < -0.39 is 23.0 Å². The number of rotatable bonds is 2. The van der Waals surface area contributed by atoms with Gasteiger partial charge in [-0.2, -0.15) is 18.3 Å². The van der Waals surface area contributed by atoms with Gasteiger partial charge >= 0.3 is 11.9 Å². The Bertz CT molecular complexity index is 703. The molecule has 0 aliphatic carbocycles. The molecule has 1 aromatic heterocycles. The minimum absolute atomic E-state index is 0.153. The Kier molecular flexibility index (Phi) is 3.24. The third-order valence-electron chi connectivity index (χ3n) is 2.37. The van der Waals surface area contributed by atoms with Gasteiger partial charge < -0.3 is 0 Å². The molecule has 0 atom stereocenters. The summed E-state index contributed by atoms with van der Waals surface area (Å²) in [5.74, 6) is 0. The summed E-state index contributed by atoms with van der Waals surface area (Å²) in [6, 6.07) is 4.55. The number of hydrogen-bond acceptors (Lipinski definition) is 3. The highest BCUT2D eigenvalue weighted by atomic mass is 19.4. The summed E-state index contributed by atoms with van der Waals surface area (Å²) in [5, 5.41) is 3.54. The molecule has 2 rings (SSSR count). The van der Waals surface area contributed by atoms with Crippen molar-refractivity contribution < 1.29 is 13.2 Å². The van der Waals surface area contributed by atoms with Crippen molar-refractivity contribution >= 4 is 0 Å². The fraction of sp³-hybridized carbons (Fsp3) is 0.182. The van der Waals surface area contributed by atoms with Gasteiger partial charge in [-0.25, -0.2) is 9.48 Å². The van der Waals surface area contributed by atoms with Crippen LogP contribution in [-0.2, 0) is 12.7 Å². The summed E-state index contributed by atoms with van der Waals surface area (Å²) >= 11 is 0. The van der Waals surface area contributed by atoms with Crippen molar-refractivity contribution in [1.82, 2.24) is 14.8 Å². The number of alkyl halides is 3. The predicted molar refractivity (Wildman–Crippen MR) is 59.7 cm³/mol. The van der Waals surface area contributed by atoms with Crippen molar-refractivity contribution in [3.05, 3.63) is 62.4 Å². The zero-order valence-corrected chi connectivity index (χ0v) is 9.44. The fourth-order valence-corrected chi connectivity index (χ4v) is 1.51. The molecule has 0 saturated carbocycles. The molecule has 0 spiro atoms. The lowest BCUT2D eigenvalue weighted by Crippen LogP contribution is -2.31. The van der Waals surface area contributed by atoms with Crippen molar-refractivity contribution in [2.24, 2.45) is 0 Å². The van der Waals surface area contributed by atoms with E-state index in [1.807, 2.05) is 4.98 Å². The average Bonchev–Trinajstić information content (AvgIpc) is 2.32. The summed E-state index contributed by atoms with van der Waals surface area (Å²) in [5.41, 5.74) is -1.98. The Balaban J connectivity index is 2.34. The van der Waals surface area contributed by atoms with Crippen molar-refractivity contribution in [3.63, 3.8) is 0 Å². The lowest BCUT2D eigenvalue weighted by atomic mass is 10.1. The molecule has 100 valence electrons. The molecular weight excluding hydrogens is 263 g/mol. The van der Waals surface area contributed by atoms with Crippen molar-refractivity contribution in [2.45, 2.75) is 12.7 Å². The van der Waals surface area contributed by atoms with E-state index in [9.17, 15) is 22.8 Å². The average molecular weight is 271 g/mol. The first-order valence-electron chi connectivity index (χ1n) is 5.19. The second-order valence-electron chi connectivity index (χ2n) is 3.79. The Labute approximate surface area is 104 Å². The monoisotopic (exact) mass is 271 g/mol. The number of H-pyrrole nitrogens is 1. The van der Waals surface area contributed by atoms with Crippen LogP contribution in [0.5, 0.6) is 0 Å². The fourth-order valence-electron chi connectivity index (χ4n) is 1.51. The van der Waals surface area contributed by atoms with E-state index >= 15 is 0 Å². The van der Waals surface area contributed by atoms with Gasteiger partial charge in [0.1, 0.15) is 6.20 Å². The molecule has 8 heteroatoms. The lowest BCUT2D eigenvalue weighted by molar-refractivity contribution is -0.137. The Morgan fingerprint density at radius 1 is 1.26 bits per heavy atom. The van der Waals surface area contributed by atoms with E-state index in [0.29, 0.717) is 0 Å². The second-order valence-corrected chi connectivity index (χ2v) is 3.79. The first-order chi connectivity index (χ1) is 8.86. The van der Waals surface area contributed by atoms with Crippen LogP contribution in [0.25, 0.3) is 0 Å². The van der Waals surface area contributed by atoms with E-state index in [1.54, 1.807) is 0 Å². The van der Waals surface area contributed by atoms with Crippen molar-refractivity contribution in [1.29, 1.82) is 0 Å². The molecular formula is C11H8F3N3O2. The van der Waals surface area contributed by atoms with Crippen LogP contribution in [0.2, 0.25) is 0 Å². The molecule has 0 amide bonds. The summed E-state index contributed by atoms with van der Waals surface area (Å²) in [6.45, 7) is -0.153. The number of nitrogens with one attached hydrogen (secondary N) is 1. The van der Waals surface area contributed by atoms with Gasteiger partial charge in [-0.15, -0.1) is 0 Å². The molecule has 0 aliphatic rings. The van der Waals surface area contributed by atoms with Gasteiger partial charge in [0.25, 0.3) is 5.56 Å². The lowest BCUT2D eigenvalue weighted by Gasteiger charge is -2.09. The first kappa shape index (κ1) is 13.1. The van der Waals surface area contributed by atoms with Crippen LogP contribution in [0.3, 0.4) is 0 Å². The number of nitrogens with zero attached hydrogens (tertiary/aromatic N) is 2. The van der Waals surface area contributed by atoms with Crippen LogP contribution in [0.4, 0.5) is 13.2 Å². The highest BCUT2D eigenvalue weighted by Gasteiger charge is 2.30. The van der Waals surface area contributed by atoms with Crippen LogP contribution >= 0.6 is 0 Å². The summed E-state index contributed by atoms with van der Waals surface area (Å²) in [7, 11) is 0. The second kappa shape index (κ2) is 4.71. The largest absolute Gasteiger partial charge is 0.416 e. The molecule has 2 aromatic rings. The van der Waals surface area contributed by atoms with Crippen LogP contribution in [0, 0.1) is 0 Å². The maximum atomic E-state index is 12.5. The van der Waals surface area contributed by atoms with Crippen LogP contribution in [0.1, 0.15) is 11.1 Å². The molecule has 0 aliphatic heterocycles. The highest BCUT2D eigenvalue weighted by Crippen LogP contribution is 2.29.